The summed E-state index contributed by atoms with van der Waals surface area (Å²) in [5.74, 6) is -2.00. The number of halogens is 2. The predicted octanol–water partition coefficient (Wildman–Crippen LogP) is 8.30. The average molecular weight is 1700 g/mol. The number of imidazole rings is 2. The Balaban J connectivity index is 0.000000154. The number of carbonyl (C=O) groups is 10. The van der Waals surface area contributed by atoms with E-state index in [1.807, 2.05) is 86.7 Å². The number of carbonyl (C=O) groups excluding carboxylic acids is 9. The third-order valence-corrected chi connectivity index (χ3v) is 24.0. The first-order valence-corrected chi connectivity index (χ1v) is 42.8. The first kappa shape index (κ1) is 85.0. The number of fused-ring (bicyclic) bond motifs is 4. The Bertz CT molecular complexity index is 5750. The third-order valence-electron chi connectivity index (χ3n) is 24.0. The van der Waals surface area contributed by atoms with Crippen molar-refractivity contribution in [3.8, 4) is 22.8 Å². The molecule has 0 bridgehead atoms. The molecular formula is C90H98F2N22O11. The van der Waals surface area contributed by atoms with Crippen molar-refractivity contribution in [1.82, 2.24) is 74.7 Å². The van der Waals surface area contributed by atoms with Gasteiger partial charge < -0.3 is 46.4 Å². The summed E-state index contributed by atoms with van der Waals surface area (Å²) in [4.78, 5) is 156. The molecule has 33 nitrogen and oxygen atoms in total. The van der Waals surface area contributed by atoms with Crippen LogP contribution in [0.5, 0.6) is 0 Å². The Kier molecular flexibility index (Phi) is 26.2. The second-order valence-electron chi connectivity index (χ2n) is 32.2. The monoisotopic (exact) mass is 1700 g/mol. The molecule has 6 fully saturated rings. The highest BCUT2D eigenvalue weighted by molar-refractivity contribution is 6.25. The van der Waals surface area contributed by atoms with Crippen molar-refractivity contribution in [1.29, 1.82) is 0 Å². The summed E-state index contributed by atoms with van der Waals surface area (Å²) < 4.78 is 31.7. The molecule has 4 aromatic carbocycles. The number of nitrogens with two attached hydrogens (primary N) is 1. The van der Waals surface area contributed by atoms with Gasteiger partial charge in [-0.15, -0.1) is 10.2 Å². The van der Waals surface area contributed by atoms with Gasteiger partial charge in [0.25, 0.3) is 23.6 Å². The number of pyridine rings is 2. The molecule has 0 saturated carbocycles. The highest BCUT2D eigenvalue weighted by Crippen LogP contribution is 2.39. The number of piperidine rings is 2. The number of nitrogens with zero attached hydrogens (tertiary/aromatic N) is 16. The number of carboxylic acids is 1. The van der Waals surface area contributed by atoms with Crippen LogP contribution in [0.25, 0.3) is 34.1 Å². The van der Waals surface area contributed by atoms with E-state index in [4.69, 9.17) is 31.0 Å². The summed E-state index contributed by atoms with van der Waals surface area (Å²) in [7, 11) is 0. The van der Waals surface area contributed by atoms with Crippen LogP contribution in [-0.2, 0) is 28.8 Å². The van der Waals surface area contributed by atoms with Crippen LogP contribution in [-0.4, -0.2) is 240 Å². The number of aromatic nitrogens is 8. The number of aliphatic carboxylic acids is 1. The van der Waals surface area contributed by atoms with Gasteiger partial charge in [0, 0.05) is 109 Å². The fourth-order valence-electron chi connectivity index (χ4n) is 17.5. The zero-order valence-corrected chi connectivity index (χ0v) is 69.1. The lowest BCUT2D eigenvalue weighted by atomic mass is 10.0. The van der Waals surface area contributed by atoms with E-state index in [0.717, 1.165) is 207 Å². The zero-order chi connectivity index (χ0) is 86.8. The molecule has 0 spiro atoms. The zero-order valence-electron chi connectivity index (χ0n) is 69.1. The first-order valence-electron chi connectivity index (χ1n) is 42.8. The van der Waals surface area contributed by atoms with Crippen LogP contribution < -0.4 is 51.9 Å². The second kappa shape index (κ2) is 38.5. The maximum atomic E-state index is 14.1. The summed E-state index contributed by atoms with van der Waals surface area (Å²) in [5.41, 5.74) is 14.4. The van der Waals surface area contributed by atoms with Crippen LogP contribution in [0, 0.1) is 11.6 Å². The minimum absolute atomic E-state index is 0.00364. The molecule has 4 atom stereocenters. The molecule has 6 aromatic heterocycles. The minimum atomic E-state index is -0.995. The molecule has 18 rings (SSSR count). The van der Waals surface area contributed by atoms with E-state index >= 15 is 0 Å². The van der Waals surface area contributed by atoms with Gasteiger partial charge in [-0.05, 0) is 197 Å². The normalized spacial score (nSPS) is 19.2. The summed E-state index contributed by atoms with van der Waals surface area (Å²) in [6.07, 6.45) is 13.4. The Morgan fingerprint density at radius 3 is 1.34 bits per heavy atom. The van der Waals surface area contributed by atoms with E-state index in [9.17, 15) is 56.7 Å². The van der Waals surface area contributed by atoms with Crippen molar-refractivity contribution in [3.63, 3.8) is 0 Å². The molecule has 8 aliphatic rings. The van der Waals surface area contributed by atoms with Crippen molar-refractivity contribution < 1.29 is 61.8 Å². The lowest BCUT2D eigenvalue weighted by molar-refractivity contribution is -0.139. The summed E-state index contributed by atoms with van der Waals surface area (Å²) in [6, 6.07) is 41.5. The van der Waals surface area contributed by atoms with Crippen molar-refractivity contribution in [3.05, 3.63) is 203 Å². The fourth-order valence-corrected chi connectivity index (χ4v) is 17.5. The molecule has 9 amide bonds. The van der Waals surface area contributed by atoms with Crippen molar-refractivity contribution in [2.45, 2.75) is 114 Å². The smallest absolute Gasteiger partial charge is 0.317 e. The number of anilines is 6. The minimum Gasteiger partial charge on any atom is -0.480 e. The van der Waals surface area contributed by atoms with Gasteiger partial charge in [-0.2, -0.15) is 0 Å². The van der Waals surface area contributed by atoms with Gasteiger partial charge in [0.15, 0.2) is 11.3 Å². The van der Waals surface area contributed by atoms with E-state index < -0.39 is 59.4 Å². The van der Waals surface area contributed by atoms with Gasteiger partial charge in [0.05, 0.1) is 71.2 Å². The maximum Gasteiger partial charge on any atom is 0.317 e. The Morgan fingerprint density at radius 2 is 0.888 bits per heavy atom. The van der Waals surface area contributed by atoms with Crippen LogP contribution in [0.2, 0.25) is 0 Å². The molecule has 35 heteroatoms. The summed E-state index contributed by atoms with van der Waals surface area (Å²) in [6.45, 7) is 10.4. The summed E-state index contributed by atoms with van der Waals surface area (Å²) >= 11 is 0. The lowest BCUT2D eigenvalue weighted by Gasteiger charge is -2.35. The number of nitrogens with one attached hydrogen (secondary N) is 5. The number of imide groups is 4. The molecule has 14 heterocycles. The molecule has 0 radical (unpaired) electrons. The fraction of sp³-hybridized carbons (Fsp3) is 0.378. The molecule has 8 N–H and O–H groups in total. The quantitative estimate of drug-likeness (QED) is 0.0188. The second-order valence-corrected chi connectivity index (χ2v) is 32.2. The molecule has 6 saturated heterocycles. The van der Waals surface area contributed by atoms with Crippen molar-refractivity contribution in [2.75, 3.05) is 135 Å². The van der Waals surface area contributed by atoms with Crippen LogP contribution in [0.4, 0.5) is 43.4 Å². The summed E-state index contributed by atoms with van der Waals surface area (Å²) in [5, 5.41) is 33.0. The molecule has 125 heavy (non-hydrogen) atoms. The third kappa shape index (κ3) is 19.3. The van der Waals surface area contributed by atoms with Crippen LogP contribution in [0.1, 0.15) is 155 Å². The van der Waals surface area contributed by atoms with Crippen LogP contribution in [0.3, 0.4) is 0 Å². The number of amides is 9. The van der Waals surface area contributed by atoms with Gasteiger partial charge in [-0.1, -0.05) is 42.8 Å². The number of carboxylic acid groups (broad SMARTS) is 1. The molecule has 2 unspecified atom stereocenters. The standard InChI is InChI=1S/C45H48FN11O5.C27H28FN7O2.C18H22N4O4/c46-30-8-4-7-29(25-30)35-10-6-20-55(35)40-16-15-38-49-27-37(57(38)52-40)34-9-5-11-39(50-34)54-23-21-53(22-24-54)28-42(59)48-19-3-1-2-18-47-31-12-13-32-33(26-31)45(62)56(44(32)61)36-14-17-41(58)51-43(36)60;28-20-5-1-4-19(16-20)22-7-3-11-34(22)26-10-9-24-29-17-23(35(24)31-26)21-6-2-8-25(30-21)33-14-12-32(13-15-33)18-27(36)37;19-8-2-1-3-9-20-11-4-5-12-13(10-11)18(26)22(17(12)25)14-6-7-15(23)21-16(14)24/h4-5,7-9,11-13,15-16,25-27,35-36,47H,1-3,6,10,14,17-24,28H2,(H,48,59)(H,51,58,60);1-2,4-6,8-10,16-17,22H,3,7,11-15,18H2,(H,36,37);4-5,10,14,20H,1-3,6-9,19H2,(H,21,23,24)/t35-,36?;22-;/m11./s1. The molecular weight excluding hydrogens is 1600 g/mol. The van der Waals surface area contributed by atoms with E-state index in [1.54, 1.807) is 73.1 Å². The molecule has 10 aromatic rings. The van der Waals surface area contributed by atoms with Crippen LogP contribution >= 0.6 is 0 Å². The SMILES string of the molecule is NCCCCCNc1ccc2c(c1)C(=O)N(C1CCC(=O)NC1=O)C2=O.O=C(CN1CCN(c2cccc(-c3cnc4ccc(N5CCC[C@@H]5c5cccc(F)c5)nn34)n2)CC1)NCCCCCNc1ccc2c(c1)C(=O)N(C1CCC(=O)NC1=O)C2=O.O=C(O)CN1CCN(c2cccc(-c3cnc4ccc(N5CCC[C@@H]5c5cccc(F)c5)nn34)n2)CC1. The maximum absolute atomic E-state index is 14.1. The average Bonchev–Trinajstić information content (AvgIpc) is 1.68. The van der Waals surface area contributed by atoms with Crippen molar-refractivity contribution in [2.24, 2.45) is 5.73 Å². The van der Waals surface area contributed by atoms with E-state index in [0.29, 0.717) is 45.0 Å². The van der Waals surface area contributed by atoms with Gasteiger partial charge in [0.1, 0.15) is 58.4 Å². The van der Waals surface area contributed by atoms with E-state index in [-0.39, 0.29) is 90.0 Å². The topological polar surface area (TPSA) is 389 Å². The van der Waals surface area contributed by atoms with Gasteiger partial charge in [-0.25, -0.2) is 37.7 Å². The highest BCUT2D eigenvalue weighted by Gasteiger charge is 2.47. The Labute approximate surface area is 718 Å². The molecule has 648 valence electrons. The molecule has 8 aliphatic heterocycles. The van der Waals surface area contributed by atoms with Gasteiger partial charge >= 0.3 is 5.97 Å². The number of piperazine rings is 2. The van der Waals surface area contributed by atoms with E-state index in [1.165, 1.54) is 12.1 Å². The molecule has 0 aliphatic carbocycles. The van der Waals surface area contributed by atoms with Gasteiger partial charge in [-0.3, -0.25) is 78.2 Å². The number of unbranched alkanes of at least 4 members (excludes halogenated alkanes) is 4. The number of benzene rings is 4. The first-order chi connectivity index (χ1) is 60.8. The predicted molar refractivity (Wildman–Crippen MR) is 462 cm³/mol. The van der Waals surface area contributed by atoms with Crippen LogP contribution in [0.15, 0.2) is 158 Å². The number of hydrogen-bond donors (Lipinski definition) is 7. The Hall–Kier alpha value is -13.5. The van der Waals surface area contributed by atoms with E-state index in [2.05, 4.69) is 61.1 Å². The number of hydrogen-bond acceptors (Lipinski definition) is 25. The Morgan fingerprint density at radius 1 is 0.448 bits per heavy atom. The highest BCUT2D eigenvalue weighted by atomic mass is 19.1. The van der Waals surface area contributed by atoms with Crippen molar-refractivity contribution >= 4 is 105 Å². The largest absolute Gasteiger partial charge is 0.480 e. The lowest BCUT2D eigenvalue weighted by Crippen LogP contribution is -2.54. The number of rotatable bonds is 27. The van der Waals surface area contributed by atoms with Gasteiger partial charge in [0.2, 0.25) is 29.5 Å².